The maximum absolute atomic E-state index is 3.39. The molecule has 0 atom stereocenters. The van der Waals surface area contributed by atoms with E-state index in [2.05, 4.69) is 24.5 Å². The standard InChI is InChI=1S/C9H17N/c1-2-8-10-9-6-4-3-5-7-9/h2,8-10H,3-7H2,1H3. The molecule has 1 aliphatic rings. The van der Waals surface area contributed by atoms with Crippen LogP contribution >= 0.6 is 0 Å². The monoisotopic (exact) mass is 139 g/mol. The number of hydrogen-bond acceptors (Lipinski definition) is 1. The topological polar surface area (TPSA) is 12.0 Å². The summed E-state index contributed by atoms with van der Waals surface area (Å²) in [6.07, 6.45) is 11.1. The van der Waals surface area contributed by atoms with Gasteiger partial charge in [-0.25, -0.2) is 0 Å². The van der Waals surface area contributed by atoms with E-state index in [1.165, 1.54) is 32.1 Å². The van der Waals surface area contributed by atoms with Crippen molar-refractivity contribution in [1.29, 1.82) is 0 Å². The highest BCUT2D eigenvalue weighted by Gasteiger charge is 2.09. The van der Waals surface area contributed by atoms with Crippen molar-refractivity contribution < 1.29 is 0 Å². The first-order chi connectivity index (χ1) is 4.93. The van der Waals surface area contributed by atoms with Crippen LogP contribution in [0.1, 0.15) is 39.0 Å². The zero-order valence-electron chi connectivity index (χ0n) is 6.77. The Morgan fingerprint density at radius 2 is 1.90 bits per heavy atom. The maximum atomic E-state index is 3.39. The Hall–Kier alpha value is -0.460. The van der Waals surface area contributed by atoms with Gasteiger partial charge in [-0.15, -0.1) is 0 Å². The van der Waals surface area contributed by atoms with Gasteiger partial charge in [0.1, 0.15) is 0 Å². The predicted octanol–water partition coefficient (Wildman–Crippen LogP) is 2.44. The second-order valence-corrected chi connectivity index (χ2v) is 3.00. The van der Waals surface area contributed by atoms with Crippen molar-refractivity contribution in [3.8, 4) is 0 Å². The number of nitrogens with one attached hydrogen (secondary N) is 1. The summed E-state index contributed by atoms with van der Waals surface area (Å²) in [7, 11) is 0. The molecule has 0 aromatic rings. The Morgan fingerprint density at radius 1 is 1.20 bits per heavy atom. The summed E-state index contributed by atoms with van der Waals surface area (Å²) < 4.78 is 0. The summed E-state index contributed by atoms with van der Waals surface area (Å²) in [6, 6.07) is 0.768. The lowest BCUT2D eigenvalue weighted by Gasteiger charge is -2.21. The van der Waals surface area contributed by atoms with Gasteiger partial charge >= 0.3 is 0 Å². The van der Waals surface area contributed by atoms with Crippen LogP contribution in [0.3, 0.4) is 0 Å². The summed E-state index contributed by atoms with van der Waals surface area (Å²) in [4.78, 5) is 0. The van der Waals surface area contributed by atoms with Gasteiger partial charge < -0.3 is 5.32 Å². The highest BCUT2D eigenvalue weighted by molar-refractivity contribution is 4.81. The molecule has 0 radical (unpaired) electrons. The van der Waals surface area contributed by atoms with Crippen molar-refractivity contribution in [2.24, 2.45) is 0 Å². The largest absolute Gasteiger partial charge is 0.388 e. The molecule has 0 bridgehead atoms. The van der Waals surface area contributed by atoms with Gasteiger partial charge in [-0.1, -0.05) is 25.3 Å². The minimum atomic E-state index is 0.768. The van der Waals surface area contributed by atoms with Crippen molar-refractivity contribution in [2.45, 2.75) is 45.1 Å². The van der Waals surface area contributed by atoms with Gasteiger partial charge in [0.2, 0.25) is 0 Å². The van der Waals surface area contributed by atoms with Crippen molar-refractivity contribution in [1.82, 2.24) is 5.32 Å². The third-order valence-corrected chi connectivity index (χ3v) is 2.10. The molecule has 0 aliphatic heterocycles. The van der Waals surface area contributed by atoms with Crippen molar-refractivity contribution in [3.63, 3.8) is 0 Å². The normalized spacial score (nSPS) is 21.7. The molecule has 0 saturated heterocycles. The van der Waals surface area contributed by atoms with E-state index in [1.807, 2.05) is 0 Å². The molecule has 1 nitrogen and oxygen atoms in total. The van der Waals surface area contributed by atoms with Crippen LogP contribution in [-0.4, -0.2) is 6.04 Å². The molecular weight excluding hydrogens is 122 g/mol. The van der Waals surface area contributed by atoms with Crippen LogP contribution in [0.15, 0.2) is 12.3 Å². The number of allylic oxidation sites excluding steroid dienone is 1. The molecule has 1 heteroatoms. The van der Waals surface area contributed by atoms with E-state index in [1.54, 1.807) is 0 Å². The predicted molar refractivity (Wildman–Crippen MR) is 44.8 cm³/mol. The second-order valence-electron chi connectivity index (χ2n) is 3.00. The summed E-state index contributed by atoms with van der Waals surface area (Å²) in [5.41, 5.74) is 0. The van der Waals surface area contributed by atoms with E-state index >= 15 is 0 Å². The Labute approximate surface area is 63.5 Å². The fourth-order valence-corrected chi connectivity index (χ4v) is 1.50. The summed E-state index contributed by atoms with van der Waals surface area (Å²) >= 11 is 0. The fourth-order valence-electron chi connectivity index (χ4n) is 1.50. The van der Waals surface area contributed by atoms with Crippen LogP contribution < -0.4 is 5.32 Å². The Balaban J connectivity index is 2.13. The van der Waals surface area contributed by atoms with E-state index in [4.69, 9.17) is 0 Å². The van der Waals surface area contributed by atoms with E-state index in [9.17, 15) is 0 Å². The first kappa shape index (κ1) is 7.64. The SMILES string of the molecule is CC=CNC1CCCCC1. The highest BCUT2D eigenvalue weighted by atomic mass is 14.9. The third-order valence-electron chi connectivity index (χ3n) is 2.10. The summed E-state index contributed by atoms with van der Waals surface area (Å²) in [5.74, 6) is 0. The van der Waals surface area contributed by atoms with E-state index < -0.39 is 0 Å². The molecule has 1 aliphatic carbocycles. The van der Waals surface area contributed by atoms with Crippen LogP contribution in [0.5, 0.6) is 0 Å². The Kier molecular flexibility index (Phi) is 3.34. The zero-order valence-corrected chi connectivity index (χ0v) is 6.77. The summed E-state index contributed by atoms with van der Waals surface area (Å²) in [5, 5.41) is 3.39. The molecular formula is C9H17N. The second kappa shape index (κ2) is 4.37. The average Bonchev–Trinajstić information content (AvgIpc) is 2.03. The van der Waals surface area contributed by atoms with Gasteiger partial charge in [-0.2, -0.15) is 0 Å². The van der Waals surface area contributed by atoms with Gasteiger partial charge in [0.25, 0.3) is 0 Å². The molecule has 0 aromatic carbocycles. The van der Waals surface area contributed by atoms with Gasteiger partial charge in [0, 0.05) is 6.04 Å². The molecule has 0 amide bonds. The molecule has 0 aromatic heterocycles. The molecule has 10 heavy (non-hydrogen) atoms. The van der Waals surface area contributed by atoms with Crippen molar-refractivity contribution in [2.75, 3.05) is 0 Å². The van der Waals surface area contributed by atoms with Gasteiger partial charge in [0.15, 0.2) is 0 Å². The quantitative estimate of drug-likeness (QED) is 0.619. The minimum Gasteiger partial charge on any atom is -0.388 e. The van der Waals surface area contributed by atoms with Crippen LogP contribution in [0.4, 0.5) is 0 Å². The summed E-state index contributed by atoms with van der Waals surface area (Å²) in [6.45, 7) is 2.05. The lowest BCUT2D eigenvalue weighted by Crippen LogP contribution is -2.26. The van der Waals surface area contributed by atoms with Crippen LogP contribution in [-0.2, 0) is 0 Å². The Bertz CT molecular complexity index is 101. The van der Waals surface area contributed by atoms with Crippen LogP contribution in [0, 0.1) is 0 Å². The Morgan fingerprint density at radius 3 is 2.50 bits per heavy atom. The minimum absolute atomic E-state index is 0.768. The molecule has 0 spiro atoms. The molecule has 1 fully saturated rings. The molecule has 0 unspecified atom stereocenters. The van der Waals surface area contributed by atoms with Gasteiger partial charge in [-0.3, -0.25) is 0 Å². The van der Waals surface area contributed by atoms with Crippen molar-refractivity contribution >= 4 is 0 Å². The first-order valence-electron chi connectivity index (χ1n) is 4.30. The number of hydrogen-bond donors (Lipinski definition) is 1. The third kappa shape index (κ3) is 2.42. The number of rotatable bonds is 2. The lowest BCUT2D eigenvalue weighted by atomic mass is 9.96. The lowest BCUT2D eigenvalue weighted by molar-refractivity contribution is 0.404. The fraction of sp³-hybridized carbons (Fsp3) is 0.778. The highest BCUT2D eigenvalue weighted by Crippen LogP contribution is 2.16. The zero-order chi connectivity index (χ0) is 7.23. The van der Waals surface area contributed by atoms with Gasteiger partial charge in [0.05, 0.1) is 0 Å². The molecule has 1 saturated carbocycles. The first-order valence-corrected chi connectivity index (χ1v) is 4.30. The van der Waals surface area contributed by atoms with Gasteiger partial charge in [-0.05, 0) is 26.0 Å². The molecule has 1 N–H and O–H groups in total. The van der Waals surface area contributed by atoms with Crippen LogP contribution in [0.25, 0.3) is 0 Å². The van der Waals surface area contributed by atoms with Crippen LogP contribution in [0.2, 0.25) is 0 Å². The molecule has 0 heterocycles. The maximum Gasteiger partial charge on any atom is 0.0255 e. The molecule has 1 rings (SSSR count). The van der Waals surface area contributed by atoms with E-state index in [0.717, 1.165) is 6.04 Å². The molecule has 58 valence electrons. The van der Waals surface area contributed by atoms with E-state index in [0.29, 0.717) is 0 Å². The smallest absolute Gasteiger partial charge is 0.0255 e. The average molecular weight is 139 g/mol. The van der Waals surface area contributed by atoms with Crippen molar-refractivity contribution in [3.05, 3.63) is 12.3 Å². The van der Waals surface area contributed by atoms with E-state index in [-0.39, 0.29) is 0 Å².